The minimum atomic E-state index is 0.715. The standard InChI is InChI=1S/C12H15NOS2/c1-13-7-10-4-5-12(16-10)9-14-8-11-3-2-6-15-11/h2-6,13H,7-9H2,1H3. The van der Waals surface area contributed by atoms with Crippen LogP contribution in [0.1, 0.15) is 14.6 Å². The Bertz CT molecular complexity index is 408. The summed E-state index contributed by atoms with van der Waals surface area (Å²) in [5, 5.41) is 5.23. The SMILES string of the molecule is CNCc1ccc(COCc2cccs2)s1. The van der Waals surface area contributed by atoms with Crippen LogP contribution in [0.15, 0.2) is 29.6 Å². The summed E-state index contributed by atoms with van der Waals surface area (Å²) < 4.78 is 5.66. The van der Waals surface area contributed by atoms with Crippen molar-refractivity contribution in [2.75, 3.05) is 7.05 Å². The van der Waals surface area contributed by atoms with Gasteiger partial charge in [-0.15, -0.1) is 22.7 Å². The third-order valence-electron chi connectivity index (χ3n) is 2.14. The van der Waals surface area contributed by atoms with Gasteiger partial charge in [0.1, 0.15) is 0 Å². The first-order chi connectivity index (χ1) is 7.88. The van der Waals surface area contributed by atoms with Crippen molar-refractivity contribution < 1.29 is 4.74 Å². The van der Waals surface area contributed by atoms with Crippen LogP contribution in [0.25, 0.3) is 0 Å². The van der Waals surface area contributed by atoms with Crippen LogP contribution in [0, 0.1) is 0 Å². The minimum Gasteiger partial charge on any atom is -0.370 e. The summed E-state index contributed by atoms with van der Waals surface area (Å²) >= 11 is 3.55. The van der Waals surface area contributed by atoms with Gasteiger partial charge in [-0.05, 0) is 30.6 Å². The molecule has 2 rings (SSSR count). The molecule has 0 fully saturated rings. The van der Waals surface area contributed by atoms with Gasteiger partial charge in [-0.2, -0.15) is 0 Å². The molecule has 0 bridgehead atoms. The van der Waals surface area contributed by atoms with E-state index in [-0.39, 0.29) is 0 Å². The van der Waals surface area contributed by atoms with Crippen LogP contribution in [0.3, 0.4) is 0 Å². The summed E-state index contributed by atoms with van der Waals surface area (Å²) in [5.74, 6) is 0. The van der Waals surface area contributed by atoms with Crippen LogP contribution < -0.4 is 5.32 Å². The highest BCUT2D eigenvalue weighted by Crippen LogP contribution is 2.18. The Balaban J connectivity index is 1.76. The van der Waals surface area contributed by atoms with Crippen molar-refractivity contribution in [1.82, 2.24) is 5.32 Å². The van der Waals surface area contributed by atoms with Crippen molar-refractivity contribution in [1.29, 1.82) is 0 Å². The smallest absolute Gasteiger partial charge is 0.0814 e. The van der Waals surface area contributed by atoms with E-state index in [9.17, 15) is 0 Å². The molecule has 0 aliphatic carbocycles. The maximum absolute atomic E-state index is 5.66. The molecule has 0 saturated carbocycles. The van der Waals surface area contributed by atoms with Crippen molar-refractivity contribution in [2.24, 2.45) is 0 Å². The zero-order valence-electron chi connectivity index (χ0n) is 9.23. The molecule has 86 valence electrons. The average Bonchev–Trinajstić information content (AvgIpc) is 2.90. The van der Waals surface area contributed by atoms with Gasteiger partial charge in [0.25, 0.3) is 0 Å². The molecule has 0 aliphatic rings. The predicted molar refractivity (Wildman–Crippen MR) is 69.9 cm³/mol. The second kappa shape index (κ2) is 6.15. The fourth-order valence-electron chi connectivity index (χ4n) is 1.42. The lowest BCUT2D eigenvalue weighted by atomic mass is 10.4. The maximum Gasteiger partial charge on any atom is 0.0814 e. The molecule has 2 nitrogen and oxygen atoms in total. The first-order valence-electron chi connectivity index (χ1n) is 5.21. The molecule has 2 aromatic rings. The van der Waals surface area contributed by atoms with Crippen LogP contribution in [0.5, 0.6) is 0 Å². The summed E-state index contributed by atoms with van der Waals surface area (Å²) in [6, 6.07) is 8.46. The van der Waals surface area contributed by atoms with Gasteiger partial charge in [0.2, 0.25) is 0 Å². The third-order valence-corrected chi connectivity index (χ3v) is 4.05. The van der Waals surface area contributed by atoms with Crippen LogP contribution in [0.2, 0.25) is 0 Å². The molecule has 0 amide bonds. The van der Waals surface area contributed by atoms with Crippen molar-refractivity contribution in [3.63, 3.8) is 0 Å². The van der Waals surface area contributed by atoms with E-state index in [1.165, 1.54) is 14.6 Å². The summed E-state index contributed by atoms with van der Waals surface area (Å²) in [4.78, 5) is 3.94. The lowest BCUT2D eigenvalue weighted by Gasteiger charge is -1.99. The second-order valence-corrected chi connectivity index (χ2v) is 5.76. The highest BCUT2D eigenvalue weighted by molar-refractivity contribution is 7.12. The van der Waals surface area contributed by atoms with Gasteiger partial charge < -0.3 is 10.1 Å². The summed E-state index contributed by atoms with van der Waals surface area (Å²) in [7, 11) is 1.96. The molecule has 0 aromatic carbocycles. The number of hydrogen-bond donors (Lipinski definition) is 1. The highest BCUT2D eigenvalue weighted by Gasteiger charge is 2.00. The zero-order valence-corrected chi connectivity index (χ0v) is 10.9. The molecule has 0 atom stereocenters. The third kappa shape index (κ3) is 3.42. The monoisotopic (exact) mass is 253 g/mol. The average molecular weight is 253 g/mol. The van der Waals surface area contributed by atoms with Gasteiger partial charge in [-0.25, -0.2) is 0 Å². The number of nitrogens with one attached hydrogen (secondary N) is 1. The minimum absolute atomic E-state index is 0.715. The van der Waals surface area contributed by atoms with E-state index in [4.69, 9.17) is 4.74 Å². The van der Waals surface area contributed by atoms with E-state index >= 15 is 0 Å². The van der Waals surface area contributed by atoms with Gasteiger partial charge in [0.05, 0.1) is 13.2 Å². The topological polar surface area (TPSA) is 21.3 Å². The molecule has 1 N–H and O–H groups in total. The van der Waals surface area contributed by atoms with E-state index in [0.717, 1.165) is 13.2 Å². The molecule has 2 aromatic heterocycles. The van der Waals surface area contributed by atoms with E-state index < -0.39 is 0 Å². The van der Waals surface area contributed by atoms with E-state index in [1.807, 2.05) is 18.4 Å². The van der Waals surface area contributed by atoms with Gasteiger partial charge in [0.15, 0.2) is 0 Å². The molecule has 0 saturated heterocycles. The normalized spacial score (nSPS) is 10.8. The van der Waals surface area contributed by atoms with Crippen molar-refractivity contribution >= 4 is 22.7 Å². The quantitative estimate of drug-likeness (QED) is 0.853. The van der Waals surface area contributed by atoms with Crippen LogP contribution in [-0.2, 0) is 24.5 Å². The molecule has 16 heavy (non-hydrogen) atoms. The van der Waals surface area contributed by atoms with Gasteiger partial charge in [0, 0.05) is 21.2 Å². The summed E-state index contributed by atoms with van der Waals surface area (Å²) in [6.07, 6.45) is 0. The lowest BCUT2D eigenvalue weighted by Crippen LogP contribution is -2.02. The Morgan fingerprint density at radius 3 is 2.69 bits per heavy atom. The van der Waals surface area contributed by atoms with Crippen molar-refractivity contribution in [3.05, 3.63) is 44.3 Å². The first kappa shape index (κ1) is 11.8. The van der Waals surface area contributed by atoms with E-state index in [0.29, 0.717) is 6.61 Å². The largest absolute Gasteiger partial charge is 0.370 e. The number of rotatable bonds is 6. The Morgan fingerprint density at radius 1 is 1.12 bits per heavy atom. The number of hydrogen-bond acceptors (Lipinski definition) is 4. The Morgan fingerprint density at radius 2 is 1.94 bits per heavy atom. The fraction of sp³-hybridized carbons (Fsp3) is 0.333. The highest BCUT2D eigenvalue weighted by atomic mass is 32.1. The molecular weight excluding hydrogens is 238 g/mol. The lowest BCUT2D eigenvalue weighted by molar-refractivity contribution is 0.111. The Hall–Kier alpha value is -0.680. The van der Waals surface area contributed by atoms with Gasteiger partial charge >= 0.3 is 0 Å². The number of ether oxygens (including phenoxy) is 1. The van der Waals surface area contributed by atoms with Crippen LogP contribution in [-0.4, -0.2) is 7.05 Å². The summed E-state index contributed by atoms with van der Waals surface area (Å²) in [5.41, 5.74) is 0. The molecule has 0 aliphatic heterocycles. The number of thiophene rings is 2. The molecule has 0 unspecified atom stereocenters. The molecule has 0 spiro atoms. The molecule has 0 radical (unpaired) electrons. The zero-order chi connectivity index (χ0) is 11.2. The predicted octanol–water partition coefficient (Wildman–Crippen LogP) is 3.25. The maximum atomic E-state index is 5.66. The molecule has 4 heteroatoms. The van der Waals surface area contributed by atoms with Crippen molar-refractivity contribution in [2.45, 2.75) is 19.8 Å². The van der Waals surface area contributed by atoms with Gasteiger partial charge in [-0.3, -0.25) is 0 Å². The van der Waals surface area contributed by atoms with Crippen molar-refractivity contribution in [3.8, 4) is 0 Å². The fourth-order valence-corrected chi connectivity index (χ4v) is 3.02. The first-order valence-corrected chi connectivity index (χ1v) is 6.90. The summed E-state index contributed by atoms with van der Waals surface area (Å²) in [6.45, 7) is 2.37. The van der Waals surface area contributed by atoms with E-state index in [1.54, 1.807) is 11.3 Å². The van der Waals surface area contributed by atoms with Crippen LogP contribution in [0.4, 0.5) is 0 Å². The van der Waals surface area contributed by atoms with E-state index in [2.05, 4.69) is 35.0 Å². The Labute approximate surface area is 104 Å². The molecular formula is C12H15NOS2. The Kier molecular flexibility index (Phi) is 4.54. The van der Waals surface area contributed by atoms with Crippen LogP contribution >= 0.6 is 22.7 Å². The van der Waals surface area contributed by atoms with Gasteiger partial charge in [-0.1, -0.05) is 6.07 Å². The second-order valence-electron chi connectivity index (χ2n) is 3.47. The molecule has 2 heterocycles.